The van der Waals surface area contributed by atoms with Crippen molar-refractivity contribution in [3.8, 4) is 11.1 Å². The number of carboxylic acid groups (broad SMARTS) is 1. The molecule has 2 aliphatic carbocycles. The van der Waals surface area contributed by atoms with E-state index in [2.05, 4.69) is 11.9 Å². The predicted octanol–water partition coefficient (Wildman–Crippen LogP) is 4.08. The quantitative estimate of drug-likeness (QED) is 0.441. The number of carbonyl (C=O) groups excluding carboxylic acids is 2. The summed E-state index contributed by atoms with van der Waals surface area (Å²) >= 11 is 0. The van der Waals surface area contributed by atoms with Gasteiger partial charge in [0.25, 0.3) is 5.91 Å². The molecule has 0 radical (unpaired) electrons. The molecule has 4 rings (SSSR count). The number of amides is 2. The van der Waals surface area contributed by atoms with Crippen LogP contribution in [-0.2, 0) is 14.3 Å². The maximum Gasteiger partial charge on any atom is 0.407 e. The maximum absolute atomic E-state index is 15.0. The number of benzene rings is 2. The Bertz CT molecular complexity index is 1100. The van der Waals surface area contributed by atoms with E-state index in [0.29, 0.717) is 12.8 Å². The van der Waals surface area contributed by atoms with Gasteiger partial charge in [0.15, 0.2) is 0 Å². The van der Waals surface area contributed by atoms with Gasteiger partial charge in [0, 0.05) is 5.92 Å². The van der Waals surface area contributed by atoms with Crippen LogP contribution in [0.5, 0.6) is 0 Å². The number of carboxylic acids is 1. The molecule has 2 aliphatic rings. The van der Waals surface area contributed by atoms with Gasteiger partial charge in [-0.3, -0.25) is 4.79 Å². The van der Waals surface area contributed by atoms with Gasteiger partial charge in [-0.25, -0.2) is 9.59 Å². The van der Waals surface area contributed by atoms with Crippen LogP contribution in [0.3, 0.4) is 0 Å². The van der Waals surface area contributed by atoms with Crippen molar-refractivity contribution in [1.82, 2.24) is 10.6 Å². The van der Waals surface area contributed by atoms with Gasteiger partial charge in [0.2, 0.25) is 0 Å². The van der Waals surface area contributed by atoms with E-state index in [0.717, 1.165) is 22.3 Å². The molecule has 7 nitrogen and oxygen atoms in total. The number of halogens is 2. The zero-order chi connectivity index (χ0) is 25.2. The van der Waals surface area contributed by atoms with Gasteiger partial charge in [-0.1, -0.05) is 54.6 Å². The number of alkyl halides is 2. The Hall–Kier alpha value is -3.75. The van der Waals surface area contributed by atoms with Crippen LogP contribution < -0.4 is 10.6 Å². The van der Waals surface area contributed by atoms with E-state index in [1.807, 2.05) is 53.8 Å². The summed E-state index contributed by atoms with van der Waals surface area (Å²) in [5, 5.41) is 13.1. The minimum atomic E-state index is -4.03. The second-order valence-corrected chi connectivity index (χ2v) is 8.80. The molecule has 2 unspecified atom stereocenters. The van der Waals surface area contributed by atoms with E-state index in [9.17, 15) is 14.4 Å². The summed E-state index contributed by atoms with van der Waals surface area (Å²) < 4.78 is 35.4. The van der Waals surface area contributed by atoms with Gasteiger partial charge in [-0.2, -0.15) is 8.78 Å². The van der Waals surface area contributed by atoms with Crippen LogP contribution in [0, 0.1) is 5.92 Å². The number of carbonyl (C=O) groups is 3. The molecule has 0 saturated heterocycles. The lowest BCUT2D eigenvalue weighted by Crippen LogP contribution is -2.59. The Morgan fingerprint density at radius 3 is 2.14 bits per heavy atom. The van der Waals surface area contributed by atoms with Crippen molar-refractivity contribution >= 4 is 18.0 Å². The topological polar surface area (TPSA) is 105 Å². The van der Waals surface area contributed by atoms with Gasteiger partial charge in [-0.05, 0) is 47.4 Å². The lowest BCUT2D eigenvalue weighted by atomic mass is 9.98. The van der Waals surface area contributed by atoms with Crippen molar-refractivity contribution in [2.45, 2.75) is 43.2 Å². The molecule has 0 aromatic heterocycles. The number of nitrogens with one attached hydrogen (secondary N) is 2. The van der Waals surface area contributed by atoms with Crippen LogP contribution in [0.25, 0.3) is 11.1 Å². The van der Waals surface area contributed by atoms with E-state index in [1.54, 1.807) is 0 Å². The number of hydrogen-bond acceptors (Lipinski definition) is 4. The van der Waals surface area contributed by atoms with Crippen molar-refractivity contribution in [2.24, 2.45) is 5.92 Å². The third-order valence-electron chi connectivity index (χ3n) is 6.41. The van der Waals surface area contributed by atoms with Crippen LogP contribution >= 0.6 is 0 Å². The van der Waals surface area contributed by atoms with Crippen molar-refractivity contribution < 1.29 is 33.0 Å². The van der Waals surface area contributed by atoms with E-state index in [4.69, 9.17) is 9.84 Å². The molecular formula is C26H26F2N2O5. The van der Waals surface area contributed by atoms with E-state index in [-0.39, 0.29) is 18.9 Å². The van der Waals surface area contributed by atoms with Crippen LogP contribution in [0.4, 0.5) is 13.6 Å². The number of fused-ring (bicyclic) bond motifs is 3. The summed E-state index contributed by atoms with van der Waals surface area (Å²) in [6.07, 6.45) is 0.755. The van der Waals surface area contributed by atoms with Crippen LogP contribution in [0.2, 0.25) is 0 Å². The Morgan fingerprint density at radius 2 is 1.63 bits per heavy atom. The summed E-state index contributed by atoms with van der Waals surface area (Å²) in [5.74, 6) is -8.10. The standard InChI is InChI=1S/C26H26F2N2O5/c1-2-7-21(23(31)32)29-24(33)26(27,28)22(15-12-13-15)30-25(34)35-14-20-18-10-5-3-8-16(18)17-9-4-6-11-19(17)20/h2-6,8-11,15,20-22H,1,7,12-14H2,(H,29,33)(H,30,34)(H,31,32). The second-order valence-electron chi connectivity index (χ2n) is 8.80. The van der Waals surface area contributed by atoms with Crippen molar-refractivity contribution in [1.29, 1.82) is 0 Å². The fourth-order valence-electron chi connectivity index (χ4n) is 4.48. The molecule has 2 aromatic carbocycles. The summed E-state index contributed by atoms with van der Waals surface area (Å²) in [7, 11) is 0. The lowest BCUT2D eigenvalue weighted by molar-refractivity contribution is -0.155. The van der Waals surface area contributed by atoms with Crippen LogP contribution in [0.1, 0.15) is 36.3 Å². The highest BCUT2D eigenvalue weighted by Gasteiger charge is 2.55. The molecule has 2 aromatic rings. The van der Waals surface area contributed by atoms with E-state index >= 15 is 8.78 Å². The minimum absolute atomic E-state index is 0.0601. The molecule has 0 aliphatic heterocycles. The fraction of sp³-hybridized carbons (Fsp3) is 0.346. The van der Waals surface area contributed by atoms with Gasteiger partial charge in [0.1, 0.15) is 18.7 Å². The van der Waals surface area contributed by atoms with Gasteiger partial charge >= 0.3 is 18.0 Å². The number of hydrogen-bond donors (Lipinski definition) is 3. The second kappa shape index (κ2) is 9.85. The molecule has 2 atom stereocenters. The Kier molecular flexibility index (Phi) is 6.86. The summed E-state index contributed by atoms with van der Waals surface area (Å²) in [6, 6.07) is 12.1. The van der Waals surface area contributed by atoms with Crippen molar-refractivity contribution in [3.05, 3.63) is 72.3 Å². The average Bonchev–Trinajstić information content (AvgIpc) is 3.63. The lowest BCUT2D eigenvalue weighted by Gasteiger charge is -2.28. The Labute approximate surface area is 201 Å². The first kappa shape index (κ1) is 24.4. The molecule has 1 fully saturated rings. The molecular weight excluding hydrogens is 458 g/mol. The fourth-order valence-corrected chi connectivity index (χ4v) is 4.48. The SMILES string of the molecule is C=CCC(NC(=O)C(F)(F)C(NC(=O)OCC1c2ccccc2-c2ccccc21)C1CC1)C(=O)O. The van der Waals surface area contributed by atoms with E-state index < -0.39 is 41.9 Å². The van der Waals surface area contributed by atoms with Crippen LogP contribution in [-0.4, -0.2) is 47.7 Å². The Balaban J connectivity index is 1.43. The highest BCUT2D eigenvalue weighted by Crippen LogP contribution is 2.44. The largest absolute Gasteiger partial charge is 0.480 e. The summed E-state index contributed by atoms with van der Waals surface area (Å²) in [4.78, 5) is 36.1. The smallest absolute Gasteiger partial charge is 0.407 e. The number of alkyl carbamates (subject to hydrolysis) is 1. The number of ether oxygens (including phenoxy) is 1. The number of rotatable bonds is 10. The van der Waals surface area contributed by atoms with Gasteiger partial charge in [-0.15, -0.1) is 6.58 Å². The highest BCUT2D eigenvalue weighted by molar-refractivity contribution is 5.89. The molecule has 0 heterocycles. The highest BCUT2D eigenvalue weighted by atomic mass is 19.3. The van der Waals surface area contributed by atoms with Crippen LogP contribution in [0.15, 0.2) is 61.2 Å². The number of aliphatic carboxylic acids is 1. The van der Waals surface area contributed by atoms with Crippen molar-refractivity contribution in [3.63, 3.8) is 0 Å². The predicted molar refractivity (Wildman–Crippen MR) is 124 cm³/mol. The molecule has 35 heavy (non-hydrogen) atoms. The average molecular weight is 484 g/mol. The third-order valence-corrected chi connectivity index (χ3v) is 6.41. The zero-order valence-electron chi connectivity index (χ0n) is 18.9. The molecule has 9 heteroatoms. The first-order valence-electron chi connectivity index (χ1n) is 11.4. The normalized spacial score (nSPS) is 16.4. The summed E-state index contributed by atoms with van der Waals surface area (Å²) in [5.41, 5.74) is 4.02. The molecule has 2 amide bonds. The monoisotopic (exact) mass is 484 g/mol. The maximum atomic E-state index is 15.0. The molecule has 0 spiro atoms. The minimum Gasteiger partial charge on any atom is -0.480 e. The van der Waals surface area contributed by atoms with Crippen molar-refractivity contribution in [2.75, 3.05) is 6.61 Å². The third kappa shape index (κ3) is 5.03. The van der Waals surface area contributed by atoms with E-state index in [1.165, 1.54) is 6.08 Å². The van der Waals surface area contributed by atoms with Gasteiger partial charge in [0.05, 0.1) is 0 Å². The molecule has 184 valence electrons. The molecule has 1 saturated carbocycles. The summed E-state index contributed by atoms with van der Waals surface area (Å²) in [6.45, 7) is 3.31. The Morgan fingerprint density at radius 1 is 1.06 bits per heavy atom. The first-order chi connectivity index (χ1) is 16.7. The molecule has 0 bridgehead atoms. The molecule has 3 N–H and O–H groups in total. The zero-order valence-corrected chi connectivity index (χ0v) is 18.9. The van der Waals surface area contributed by atoms with Gasteiger partial charge < -0.3 is 20.5 Å². The first-order valence-corrected chi connectivity index (χ1v) is 11.4.